The summed E-state index contributed by atoms with van der Waals surface area (Å²) in [4.78, 5) is 13.5. The van der Waals surface area contributed by atoms with E-state index in [2.05, 4.69) is 6.92 Å². The number of rotatable bonds is 0. The van der Waals surface area contributed by atoms with Crippen LogP contribution < -0.4 is 5.73 Å². The molecule has 1 fully saturated rings. The molecule has 1 amide bonds. The van der Waals surface area contributed by atoms with Crippen LogP contribution in [0, 0.1) is 5.92 Å². The number of piperidine rings is 1. The fraction of sp³-hybridized carbons (Fsp3) is 0.909. The second kappa shape index (κ2) is 4.39. The van der Waals surface area contributed by atoms with Crippen molar-refractivity contribution < 1.29 is 9.53 Å². The standard InChI is InChI=1S/C11H22N2O2/c1-8-5-9(12)7-13(6-8)10(14)15-11(2,3)4/h8-9H,5-7,12H2,1-4H3/t8-,9+/m1/s1. The molecule has 0 aromatic heterocycles. The summed E-state index contributed by atoms with van der Waals surface area (Å²) in [5, 5.41) is 0. The van der Waals surface area contributed by atoms with Crippen molar-refractivity contribution in [3.05, 3.63) is 0 Å². The number of carbonyl (C=O) groups is 1. The van der Waals surface area contributed by atoms with Crippen LogP contribution in [0.15, 0.2) is 0 Å². The first-order valence-electron chi connectivity index (χ1n) is 5.51. The lowest BCUT2D eigenvalue weighted by atomic mass is 9.97. The molecule has 2 N–H and O–H groups in total. The first kappa shape index (κ1) is 12.3. The smallest absolute Gasteiger partial charge is 0.410 e. The Kier molecular flexibility index (Phi) is 3.60. The van der Waals surface area contributed by atoms with Crippen LogP contribution in [0.3, 0.4) is 0 Å². The molecule has 4 nitrogen and oxygen atoms in total. The molecule has 0 saturated carbocycles. The van der Waals surface area contributed by atoms with Gasteiger partial charge in [-0.2, -0.15) is 0 Å². The number of nitrogens with zero attached hydrogens (tertiary/aromatic N) is 1. The molecule has 15 heavy (non-hydrogen) atoms. The predicted octanol–water partition coefficient (Wildman–Crippen LogP) is 1.59. The van der Waals surface area contributed by atoms with Crippen LogP contribution in [-0.2, 0) is 4.74 Å². The summed E-state index contributed by atoms with van der Waals surface area (Å²) >= 11 is 0. The van der Waals surface area contributed by atoms with Crippen molar-refractivity contribution in [2.75, 3.05) is 13.1 Å². The molecule has 0 radical (unpaired) electrons. The predicted molar refractivity (Wildman–Crippen MR) is 59.6 cm³/mol. The van der Waals surface area contributed by atoms with Gasteiger partial charge < -0.3 is 15.4 Å². The highest BCUT2D eigenvalue weighted by molar-refractivity contribution is 5.68. The Hall–Kier alpha value is -0.770. The zero-order chi connectivity index (χ0) is 11.6. The summed E-state index contributed by atoms with van der Waals surface area (Å²) in [5.41, 5.74) is 5.44. The van der Waals surface area contributed by atoms with Crippen LogP contribution in [-0.4, -0.2) is 35.7 Å². The Morgan fingerprint density at radius 3 is 2.47 bits per heavy atom. The van der Waals surface area contributed by atoms with E-state index in [9.17, 15) is 4.79 Å². The average molecular weight is 214 g/mol. The Morgan fingerprint density at radius 2 is 2.00 bits per heavy atom. The van der Waals surface area contributed by atoms with Gasteiger partial charge in [0.25, 0.3) is 0 Å². The van der Waals surface area contributed by atoms with Crippen molar-refractivity contribution in [2.45, 2.75) is 45.8 Å². The number of carbonyl (C=O) groups excluding carboxylic acids is 1. The maximum atomic E-state index is 11.8. The van der Waals surface area contributed by atoms with Crippen molar-refractivity contribution in [2.24, 2.45) is 11.7 Å². The van der Waals surface area contributed by atoms with E-state index in [1.807, 2.05) is 20.8 Å². The third kappa shape index (κ3) is 4.08. The lowest BCUT2D eigenvalue weighted by molar-refractivity contribution is 0.0154. The first-order valence-corrected chi connectivity index (χ1v) is 5.51. The van der Waals surface area contributed by atoms with Gasteiger partial charge >= 0.3 is 6.09 Å². The number of hydrogen-bond acceptors (Lipinski definition) is 3. The van der Waals surface area contributed by atoms with E-state index in [4.69, 9.17) is 10.5 Å². The number of ether oxygens (including phenoxy) is 1. The number of amides is 1. The molecule has 1 aliphatic rings. The van der Waals surface area contributed by atoms with Crippen molar-refractivity contribution in [1.82, 2.24) is 4.90 Å². The summed E-state index contributed by atoms with van der Waals surface area (Å²) in [7, 11) is 0. The molecule has 1 aliphatic heterocycles. The van der Waals surface area contributed by atoms with Crippen molar-refractivity contribution in [3.8, 4) is 0 Å². The van der Waals surface area contributed by atoms with E-state index in [0.717, 1.165) is 13.0 Å². The highest BCUT2D eigenvalue weighted by atomic mass is 16.6. The fourth-order valence-corrected chi connectivity index (χ4v) is 1.88. The van der Waals surface area contributed by atoms with Gasteiger partial charge in [-0.3, -0.25) is 0 Å². The molecule has 0 unspecified atom stereocenters. The zero-order valence-corrected chi connectivity index (χ0v) is 10.1. The van der Waals surface area contributed by atoms with Crippen LogP contribution in [0.1, 0.15) is 34.1 Å². The van der Waals surface area contributed by atoms with Gasteiger partial charge in [0.15, 0.2) is 0 Å². The molecular weight excluding hydrogens is 192 g/mol. The van der Waals surface area contributed by atoms with Crippen LogP contribution in [0.5, 0.6) is 0 Å². The monoisotopic (exact) mass is 214 g/mol. The van der Waals surface area contributed by atoms with Crippen molar-refractivity contribution >= 4 is 6.09 Å². The lowest BCUT2D eigenvalue weighted by Crippen LogP contribution is -2.50. The van der Waals surface area contributed by atoms with E-state index >= 15 is 0 Å². The molecule has 0 aromatic carbocycles. The van der Waals surface area contributed by atoms with Crippen LogP contribution in [0.4, 0.5) is 4.79 Å². The van der Waals surface area contributed by atoms with E-state index in [1.165, 1.54) is 0 Å². The Bertz CT molecular complexity index is 225. The Balaban J connectivity index is 2.52. The second-order valence-corrected chi connectivity index (χ2v) is 5.49. The molecule has 2 atom stereocenters. The van der Waals surface area contributed by atoms with Gasteiger partial charge in [-0.25, -0.2) is 4.79 Å². The SMILES string of the molecule is C[C@@H]1C[C@H](N)CN(C(=O)OC(C)(C)C)C1. The van der Waals surface area contributed by atoms with Crippen molar-refractivity contribution in [3.63, 3.8) is 0 Å². The minimum Gasteiger partial charge on any atom is -0.444 e. The third-order valence-electron chi connectivity index (χ3n) is 2.34. The summed E-state index contributed by atoms with van der Waals surface area (Å²) < 4.78 is 5.31. The highest BCUT2D eigenvalue weighted by Gasteiger charge is 2.28. The van der Waals surface area contributed by atoms with Gasteiger partial charge in [-0.05, 0) is 33.1 Å². The van der Waals surface area contributed by atoms with Gasteiger partial charge in [-0.15, -0.1) is 0 Å². The van der Waals surface area contributed by atoms with E-state index in [0.29, 0.717) is 12.5 Å². The molecule has 88 valence electrons. The number of likely N-dealkylation sites (tertiary alicyclic amines) is 1. The molecular formula is C11H22N2O2. The first-order chi connectivity index (χ1) is 6.78. The molecule has 1 saturated heterocycles. The topological polar surface area (TPSA) is 55.6 Å². The summed E-state index contributed by atoms with van der Waals surface area (Å²) in [6.45, 7) is 9.09. The quantitative estimate of drug-likeness (QED) is 0.666. The number of nitrogens with two attached hydrogens (primary N) is 1. The fourth-order valence-electron chi connectivity index (χ4n) is 1.88. The minimum absolute atomic E-state index is 0.0845. The largest absolute Gasteiger partial charge is 0.444 e. The Morgan fingerprint density at radius 1 is 1.40 bits per heavy atom. The summed E-state index contributed by atoms with van der Waals surface area (Å²) in [6.07, 6.45) is 0.740. The molecule has 1 rings (SSSR count). The summed E-state index contributed by atoms with van der Waals surface area (Å²) in [5.74, 6) is 0.460. The Labute approximate surface area is 91.8 Å². The molecule has 1 heterocycles. The molecule has 0 spiro atoms. The summed E-state index contributed by atoms with van der Waals surface area (Å²) in [6, 6.07) is 0.0845. The lowest BCUT2D eigenvalue weighted by Gasteiger charge is -2.35. The van der Waals surface area contributed by atoms with Gasteiger partial charge in [0.1, 0.15) is 5.60 Å². The van der Waals surface area contributed by atoms with Crippen LogP contribution in [0.2, 0.25) is 0 Å². The number of hydrogen-bond donors (Lipinski definition) is 1. The van der Waals surface area contributed by atoms with E-state index in [1.54, 1.807) is 4.90 Å². The van der Waals surface area contributed by atoms with Gasteiger partial charge in [-0.1, -0.05) is 6.92 Å². The van der Waals surface area contributed by atoms with Gasteiger partial charge in [0.2, 0.25) is 0 Å². The highest BCUT2D eigenvalue weighted by Crippen LogP contribution is 2.18. The van der Waals surface area contributed by atoms with Crippen LogP contribution in [0.25, 0.3) is 0 Å². The maximum Gasteiger partial charge on any atom is 0.410 e. The normalized spacial score (nSPS) is 27.7. The third-order valence-corrected chi connectivity index (χ3v) is 2.34. The average Bonchev–Trinajstić information content (AvgIpc) is 1.98. The second-order valence-electron chi connectivity index (χ2n) is 5.49. The van der Waals surface area contributed by atoms with Gasteiger partial charge in [0, 0.05) is 19.1 Å². The van der Waals surface area contributed by atoms with Crippen molar-refractivity contribution in [1.29, 1.82) is 0 Å². The van der Waals surface area contributed by atoms with Gasteiger partial charge in [0.05, 0.1) is 0 Å². The van der Waals surface area contributed by atoms with E-state index in [-0.39, 0.29) is 12.1 Å². The zero-order valence-electron chi connectivity index (χ0n) is 10.1. The molecule has 0 bridgehead atoms. The maximum absolute atomic E-state index is 11.8. The minimum atomic E-state index is -0.429. The molecule has 4 heteroatoms. The van der Waals surface area contributed by atoms with E-state index < -0.39 is 5.60 Å². The molecule has 0 aliphatic carbocycles. The van der Waals surface area contributed by atoms with Crippen LogP contribution >= 0.6 is 0 Å². The molecule has 0 aromatic rings.